The van der Waals surface area contributed by atoms with E-state index in [4.69, 9.17) is 9.47 Å². The summed E-state index contributed by atoms with van der Waals surface area (Å²) in [5.41, 5.74) is 2.01. The van der Waals surface area contributed by atoms with E-state index in [1.54, 1.807) is 6.07 Å². The SMILES string of the molecule is Cc1nc2ccccc2n1CCCNS(=O)(=O)c1ccc2c(c1)OCO2. The minimum Gasteiger partial charge on any atom is -0.454 e. The van der Waals surface area contributed by atoms with Crippen LogP contribution in [0.3, 0.4) is 0 Å². The van der Waals surface area contributed by atoms with Crippen molar-refractivity contribution in [3.63, 3.8) is 0 Å². The average molecular weight is 373 g/mol. The van der Waals surface area contributed by atoms with Crippen LogP contribution in [0.2, 0.25) is 0 Å². The Bertz CT molecular complexity index is 1060. The number of benzene rings is 2. The number of nitrogens with one attached hydrogen (secondary N) is 1. The van der Waals surface area contributed by atoms with Crippen LogP contribution in [0.25, 0.3) is 11.0 Å². The van der Waals surface area contributed by atoms with E-state index in [9.17, 15) is 8.42 Å². The molecular weight excluding hydrogens is 354 g/mol. The van der Waals surface area contributed by atoms with Gasteiger partial charge in [0.2, 0.25) is 16.8 Å². The number of rotatable bonds is 6. The zero-order chi connectivity index (χ0) is 18.1. The Labute approximate surface area is 151 Å². The summed E-state index contributed by atoms with van der Waals surface area (Å²) in [7, 11) is -3.59. The third-order valence-corrected chi connectivity index (χ3v) is 5.81. The number of imidazole rings is 1. The minimum absolute atomic E-state index is 0.116. The van der Waals surface area contributed by atoms with E-state index in [0.717, 1.165) is 16.9 Å². The van der Waals surface area contributed by atoms with Crippen molar-refractivity contribution in [2.75, 3.05) is 13.3 Å². The molecule has 0 saturated carbocycles. The zero-order valence-electron chi connectivity index (χ0n) is 14.3. The highest BCUT2D eigenvalue weighted by atomic mass is 32.2. The monoisotopic (exact) mass is 373 g/mol. The molecule has 0 fully saturated rings. The molecule has 0 amide bonds. The van der Waals surface area contributed by atoms with Gasteiger partial charge in [0.1, 0.15) is 5.82 Å². The van der Waals surface area contributed by atoms with Crippen LogP contribution in [-0.4, -0.2) is 31.3 Å². The molecule has 0 bridgehead atoms. The van der Waals surface area contributed by atoms with Gasteiger partial charge in [-0.15, -0.1) is 0 Å². The van der Waals surface area contributed by atoms with E-state index in [1.165, 1.54) is 12.1 Å². The fourth-order valence-corrected chi connectivity index (χ4v) is 4.14. The van der Waals surface area contributed by atoms with Gasteiger partial charge in [0.05, 0.1) is 15.9 Å². The number of aromatic nitrogens is 2. The van der Waals surface area contributed by atoms with E-state index in [1.807, 2.05) is 31.2 Å². The van der Waals surface area contributed by atoms with Gasteiger partial charge >= 0.3 is 0 Å². The third kappa shape index (κ3) is 3.13. The van der Waals surface area contributed by atoms with Gasteiger partial charge in [0, 0.05) is 19.2 Å². The molecule has 1 aliphatic heterocycles. The van der Waals surface area contributed by atoms with Crippen molar-refractivity contribution in [1.29, 1.82) is 0 Å². The predicted octanol–water partition coefficient (Wildman–Crippen LogP) is 2.44. The zero-order valence-corrected chi connectivity index (χ0v) is 15.1. The van der Waals surface area contributed by atoms with E-state index in [0.29, 0.717) is 31.0 Å². The van der Waals surface area contributed by atoms with E-state index < -0.39 is 10.0 Å². The maximum Gasteiger partial charge on any atom is 0.240 e. The molecular formula is C18H19N3O4S. The second-order valence-corrected chi connectivity index (χ2v) is 7.83. The average Bonchev–Trinajstić information content (AvgIpc) is 3.22. The number of fused-ring (bicyclic) bond motifs is 2. The van der Waals surface area contributed by atoms with Gasteiger partial charge in [-0.2, -0.15) is 0 Å². The van der Waals surface area contributed by atoms with Crippen LogP contribution in [0.5, 0.6) is 11.5 Å². The van der Waals surface area contributed by atoms with Crippen LogP contribution < -0.4 is 14.2 Å². The molecule has 136 valence electrons. The van der Waals surface area contributed by atoms with Crippen LogP contribution in [-0.2, 0) is 16.6 Å². The lowest BCUT2D eigenvalue weighted by Gasteiger charge is -2.09. The Kier molecular flexibility index (Phi) is 4.29. The fourth-order valence-electron chi connectivity index (χ4n) is 3.05. The Morgan fingerprint density at radius 3 is 2.85 bits per heavy atom. The highest BCUT2D eigenvalue weighted by molar-refractivity contribution is 7.89. The first-order valence-electron chi connectivity index (χ1n) is 8.36. The topological polar surface area (TPSA) is 82.5 Å². The van der Waals surface area contributed by atoms with Crippen molar-refractivity contribution in [3.05, 3.63) is 48.3 Å². The van der Waals surface area contributed by atoms with Crippen LogP contribution in [0.15, 0.2) is 47.4 Å². The Hall–Kier alpha value is -2.58. The molecule has 0 radical (unpaired) electrons. The quantitative estimate of drug-likeness (QED) is 0.671. The Balaban J connectivity index is 1.40. The minimum atomic E-state index is -3.59. The first-order valence-corrected chi connectivity index (χ1v) is 9.84. The highest BCUT2D eigenvalue weighted by Gasteiger charge is 2.20. The lowest BCUT2D eigenvalue weighted by molar-refractivity contribution is 0.174. The van der Waals surface area contributed by atoms with Gasteiger partial charge in [-0.1, -0.05) is 12.1 Å². The van der Waals surface area contributed by atoms with Gasteiger partial charge in [-0.3, -0.25) is 0 Å². The van der Waals surface area contributed by atoms with Crippen LogP contribution in [0, 0.1) is 6.92 Å². The number of hydrogen-bond donors (Lipinski definition) is 1. The van der Waals surface area contributed by atoms with Gasteiger partial charge in [0.25, 0.3) is 0 Å². The molecule has 3 aromatic rings. The number of aryl methyl sites for hydroxylation is 2. The van der Waals surface area contributed by atoms with E-state index in [2.05, 4.69) is 14.3 Å². The second kappa shape index (κ2) is 6.62. The van der Waals surface area contributed by atoms with Crippen LogP contribution >= 0.6 is 0 Å². The summed E-state index contributed by atoms with van der Waals surface area (Å²) in [6, 6.07) is 12.5. The molecule has 4 rings (SSSR count). The van der Waals surface area contributed by atoms with Gasteiger partial charge in [-0.25, -0.2) is 18.1 Å². The summed E-state index contributed by atoms with van der Waals surface area (Å²) in [5.74, 6) is 1.93. The molecule has 0 atom stereocenters. The summed E-state index contributed by atoms with van der Waals surface area (Å²) < 4.78 is 40.1. The maximum absolute atomic E-state index is 12.4. The lowest BCUT2D eigenvalue weighted by atomic mass is 10.3. The number of hydrogen-bond acceptors (Lipinski definition) is 5. The highest BCUT2D eigenvalue weighted by Crippen LogP contribution is 2.33. The van der Waals surface area contributed by atoms with Crippen molar-refractivity contribution in [2.45, 2.75) is 24.8 Å². The van der Waals surface area contributed by atoms with Crippen molar-refractivity contribution in [3.8, 4) is 11.5 Å². The molecule has 1 aliphatic rings. The number of para-hydroxylation sites is 2. The predicted molar refractivity (Wildman–Crippen MR) is 96.8 cm³/mol. The summed E-state index contributed by atoms with van der Waals surface area (Å²) in [6.07, 6.45) is 0.658. The molecule has 7 nitrogen and oxygen atoms in total. The van der Waals surface area contributed by atoms with Gasteiger partial charge in [0.15, 0.2) is 11.5 Å². The standard InChI is InChI=1S/C18H19N3O4S/c1-13-20-15-5-2-3-6-16(15)21(13)10-4-9-19-26(22,23)14-7-8-17-18(11-14)25-12-24-17/h2-3,5-8,11,19H,4,9-10,12H2,1H3. The molecule has 26 heavy (non-hydrogen) atoms. The summed E-state index contributed by atoms with van der Waals surface area (Å²) in [6.45, 7) is 3.10. The normalized spacial score (nSPS) is 13.4. The molecule has 0 spiro atoms. The number of ether oxygens (including phenoxy) is 2. The second-order valence-electron chi connectivity index (χ2n) is 6.07. The first-order chi connectivity index (χ1) is 12.5. The molecule has 1 N–H and O–H groups in total. The smallest absolute Gasteiger partial charge is 0.240 e. The van der Waals surface area contributed by atoms with E-state index in [-0.39, 0.29) is 11.7 Å². The molecule has 2 heterocycles. The molecule has 1 aromatic heterocycles. The van der Waals surface area contributed by atoms with Crippen LogP contribution in [0.1, 0.15) is 12.2 Å². The Morgan fingerprint density at radius 1 is 1.15 bits per heavy atom. The molecule has 0 saturated heterocycles. The Morgan fingerprint density at radius 2 is 1.96 bits per heavy atom. The van der Waals surface area contributed by atoms with Gasteiger partial charge < -0.3 is 14.0 Å². The first kappa shape index (κ1) is 16.9. The van der Waals surface area contributed by atoms with Crippen molar-refractivity contribution < 1.29 is 17.9 Å². The van der Waals surface area contributed by atoms with Crippen molar-refractivity contribution in [2.24, 2.45) is 0 Å². The number of sulfonamides is 1. The van der Waals surface area contributed by atoms with Crippen molar-refractivity contribution in [1.82, 2.24) is 14.3 Å². The molecule has 0 unspecified atom stereocenters. The number of nitrogens with zero attached hydrogens (tertiary/aromatic N) is 2. The lowest BCUT2D eigenvalue weighted by Crippen LogP contribution is -2.25. The largest absolute Gasteiger partial charge is 0.454 e. The summed E-state index contributed by atoms with van der Waals surface area (Å²) in [5, 5.41) is 0. The molecule has 0 aliphatic carbocycles. The van der Waals surface area contributed by atoms with Gasteiger partial charge in [-0.05, 0) is 37.6 Å². The summed E-state index contributed by atoms with van der Waals surface area (Å²) in [4.78, 5) is 4.69. The summed E-state index contributed by atoms with van der Waals surface area (Å²) >= 11 is 0. The molecule has 2 aromatic carbocycles. The molecule has 8 heteroatoms. The van der Waals surface area contributed by atoms with E-state index >= 15 is 0 Å². The van der Waals surface area contributed by atoms with Crippen molar-refractivity contribution >= 4 is 21.1 Å². The van der Waals surface area contributed by atoms with Crippen LogP contribution in [0.4, 0.5) is 0 Å². The third-order valence-electron chi connectivity index (χ3n) is 4.35. The fraction of sp³-hybridized carbons (Fsp3) is 0.278. The maximum atomic E-state index is 12.4.